The molecule has 0 aromatic carbocycles. The Bertz CT molecular complexity index is 319. The summed E-state index contributed by atoms with van der Waals surface area (Å²) < 4.78 is 10.7. The first-order valence-corrected chi connectivity index (χ1v) is 6.65. The fourth-order valence-electron chi connectivity index (χ4n) is 3.33. The van der Waals surface area contributed by atoms with Gasteiger partial charge in [-0.05, 0) is 12.8 Å². The topological polar surface area (TPSA) is 73.6 Å². The minimum Gasteiger partial charge on any atom is -0.383 e. The Kier molecular flexibility index (Phi) is 3.94. The fraction of sp³-hybridized carbons (Fsp3) is 0.923. The van der Waals surface area contributed by atoms with Gasteiger partial charge in [-0.1, -0.05) is 13.8 Å². The van der Waals surface area contributed by atoms with E-state index in [1.807, 2.05) is 0 Å². The zero-order chi connectivity index (χ0) is 13.3. The Hall–Kier alpha value is -0.650. The van der Waals surface area contributed by atoms with Crippen LogP contribution in [0.15, 0.2) is 0 Å². The van der Waals surface area contributed by atoms with E-state index >= 15 is 0 Å². The Morgan fingerprint density at radius 2 is 2.33 bits per heavy atom. The molecule has 1 amide bonds. The molecule has 0 bridgehead atoms. The number of hydrogen-bond donors (Lipinski definition) is 2. The predicted octanol–water partition coefficient (Wildman–Crippen LogP) is 0.280. The van der Waals surface area contributed by atoms with E-state index in [2.05, 4.69) is 19.2 Å². The zero-order valence-electron chi connectivity index (χ0n) is 11.4. The lowest BCUT2D eigenvalue weighted by Gasteiger charge is -2.60. The van der Waals surface area contributed by atoms with Crippen LogP contribution in [0, 0.1) is 11.3 Å². The number of carbonyl (C=O) groups excluding carboxylic acids is 1. The van der Waals surface area contributed by atoms with E-state index in [4.69, 9.17) is 15.2 Å². The third-order valence-corrected chi connectivity index (χ3v) is 4.31. The van der Waals surface area contributed by atoms with Gasteiger partial charge in [-0.25, -0.2) is 0 Å². The highest BCUT2D eigenvalue weighted by molar-refractivity contribution is 5.82. The summed E-state index contributed by atoms with van der Waals surface area (Å²) >= 11 is 0. The average Bonchev–Trinajstić information content (AvgIpc) is 2.36. The number of nitrogens with one attached hydrogen (secondary N) is 1. The first-order valence-electron chi connectivity index (χ1n) is 6.65. The van der Waals surface area contributed by atoms with Gasteiger partial charge < -0.3 is 20.5 Å². The van der Waals surface area contributed by atoms with Crippen LogP contribution < -0.4 is 11.1 Å². The van der Waals surface area contributed by atoms with Crippen molar-refractivity contribution in [1.29, 1.82) is 0 Å². The van der Waals surface area contributed by atoms with Gasteiger partial charge in [0.2, 0.25) is 5.91 Å². The smallest absolute Gasteiger partial charge is 0.239 e. The molecule has 2 aliphatic rings. The number of fused-ring (bicyclic) bond motifs is 1. The van der Waals surface area contributed by atoms with Crippen LogP contribution in [-0.4, -0.2) is 44.4 Å². The van der Waals surface area contributed by atoms with E-state index in [1.54, 1.807) is 7.11 Å². The van der Waals surface area contributed by atoms with Gasteiger partial charge in [-0.3, -0.25) is 4.79 Å². The first-order chi connectivity index (χ1) is 8.48. The number of methoxy groups -OCH3 is 1. The molecule has 5 heteroatoms. The summed E-state index contributed by atoms with van der Waals surface area (Å²) in [5.74, 6) is 0.311. The van der Waals surface area contributed by atoms with E-state index in [9.17, 15) is 4.79 Å². The molecule has 0 aromatic heterocycles. The minimum atomic E-state index is -0.589. The van der Waals surface area contributed by atoms with Crippen LogP contribution >= 0.6 is 0 Å². The van der Waals surface area contributed by atoms with Gasteiger partial charge in [0, 0.05) is 31.1 Å². The molecule has 0 radical (unpaired) electrons. The normalized spacial score (nSPS) is 35.2. The van der Waals surface area contributed by atoms with Crippen LogP contribution in [-0.2, 0) is 14.3 Å². The first kappa shape index (κ1) is 13.8. The summed E-state index contributed by atoms with van der Waals surface area (Å²) in [6.45, 7) is 5.39. The van der Waals surface area contributed by atoms with E-state index in [-0.39, 0.29) is 30.1 Å². The SMILES string of the molecule is COCC(N)C(=O)NC1C2CCCOC2C1(C)C. The second-order valence-electron chi connectivity index (χ2n) is 5.97. The molecule has 1 saturated carbocycles. The van der Waals surface area contributed by atoms with Crippen molar-refractivity contribution < 1.29 is 14.3 Å². The van der Waals surface area contributed by atoms with Crippen molar-refractivity contribution in [1.82, 2.24) is 5.32 Å². The summed E-state index contributed by atoms with van der Waals surface area (Å²) in [6, 6.07) is -0.424. The van der Waals surface area contributed by atoms with E-state index in [0.717, 1.165) is 19.4 Å². The van der Waals surface area contributed by atoms with Gasteiger partial charge in [0.15, 0.2) is 0 Å². The molecule has 0 spiro atoms. The predicted molar refractivity (Wildman–Crippen MR) is 68.0 cm³/mol. The molecule has 3 N–H and O–H groups in total. The molecule has 4 atom stereocenters. The van der Waals surface area contributed by atoms with Crippen molar-refractivity contribution in [2.75, 3.05) is 20.3 Å². The second-order valence-corrected chi connectivity index (χ2v) is 5.97. The van der Waals surface area contributed by atoms with Crippen LogP contribution in [0.2, 0.25) is 0 Å². The number of ether oxygens (including phenoxy) is 2. The molecule has 1 heterocycles. The van der Waals surface area contributed by atoms with Crippen molar-refractivity contribution in [2.45, 2.75) is 44.9 Å². The van der Waals surface area contributed by atoms with Crippen LogP contribution in [0.1, 0.15) is 26.7 Å². The van der Waals surface area contributed by atoms with Crippen LogP contribution in [0.5, 0.6) is 0 Å². The number of hydrogen-bond acceptors (Lipinski definition) is 4. The van der Waals surface area contributed by atoms with Crippen molar-refractivity contribution in [3.05, 3.63) is 0 Å². The molecule has 1 aliphatic heterocycles. The average molecular weight is 256 g/mol. The molecule has 2 rings (SSSR count). The summed E-state index contributed by atoms with van der Waals surface area (Å²) in [5.41, 5.74) is 5.74. The number of nitrogens with two attached hydrogens (primary N) is 1. The Labute approximate surface area is 108 Å². The van der Waals surface area contributed by atoms with E-state index in [0.29, 0.717) is 5.92 Å². The molecule has 104 valence electrons. The Morgan fingerprint density at radius 1 is 1.61 bits per heavy atom. The molecular formula is C13H24N2O3. The summed E-state index contributed by atoms with van der Waals surface area (Å²) in [7, 11) is 1.55. The van der Waals surface area contributed by atoms with Gasteiger partial charge in [0.1, 0.15) is 6.04 Å². The largest absolute Gasteiger partial charge is 0.383 e. The van der Waals surface area contributed by atoms with Gasteiger partial charge in [-0.2, -0.15) is 0 Å². The number of amides is 1. The summed E-state index contributed by atoms with van der Waals surface area (Å²) in [6.07, 6.45) is 2.47. The summed E-state index contributed by atoms with van der Waals surface area (Å²) in [5, 5.41) is 3.07. The quantitative estimate of drug-likeness (QED) is 0.758. The maximum atomic E-state index is 11.9. The molecule has 1 aliphatic carbocycles. The lowest BCUT2D eigenvalue weighted by atomic mass is 9.55. The Morgan fingerprint density at radius 3 is 3.00 bits per heavy atom. The minimum absolute atomic E-state index is 0.00641. The third-order valence-electron chi connectivity index (χ3n) is 4.31. The van der Waals surface area contributed by atoms with E-state index in [1.165, 1.54) is 0 Å². The van der Waals surface area contributed by atoms with Crippen LogP contribution in [0.25, 0.3) is 0 Å². The highest BCUT2D eigenvalue weighted by Crippen LogP contribution is 2.51. The van der Waals surface area contributed by atoms with Gasteiger partial charge in [0.05, 0.1) is 12.7 Å². The van der Waals surface area contributed by atoms with Crippen molar-refractivity contribution in [2.24, 2.45) is 17.1 Å². The van der Waals surface area contributed by atoms with Gasteiger partial charge >= 0.3 is 0 Å². The molecule has 0 aromatic rings. The Balaban J connectivity index is 1.94. The molecule has 4 unspecified atom stereocenters. The van der Waals surface area contributed by atoms with Crippen LogP contribution in [0.4, 0.5) is 0 Å². The maximum absolute atomic E-state index is 11.9. The highest BCUT2D eigenvalue weighted by atomic mass is 16.5. The second kappa shape index (κ2) is 5.15. The maximum Gasteiger partial charge on any atom is 0.239 e. The van der Waals surface area contributed by atoms with Gasteiger partial charge in [0.25, 0.3) is 0 Å². The number of rotatable bonds is 4. The highest BCUT2D eigenvalue weighted by Gasteiger charge is 2.58. The van der Waals surface area contributed by atoms with Gasteiger partial charge in [-0.15, -0.1) is 0 Å². The summed E-state index contributed by atoms with van der Waals surface area (Å²) in [4.78, 5) is 11.9. The monoisotopic (exact) mass is 256 g/mol. The van der Waals surface area contributed by atoms with Crippen molar-refractivity contribution in [3.63, 3.8) is 0 Å². The lowest BCUT2D eigenvalue weighted by molar-refractivity contribution is -0.194. The van der Waals surface area contributed by atoms with Crippen molar-refractivity contribution in [3.8, 4) is 0 Å². The number of carbonyl (C=O) groups is 1. The molecule has 5 nitrogen and oxygen atoms in total. The molecular weight excluding hydrogens is 232 g/mol. The van der Waals surface area contributed by atoms with E-state index < -0.39 is 6.04 Å². The lowest BCUT2D eigenvalue weighted by Crippen LogP contribution is -2.71. The molecule has 1 saturated heterocycles. The van der Waals surface area contributed by atoms with Crippen molar-refractivity contribution >= 4 is 5.91 Å². The third kappa shape index (κ3) is 2.27. The molecule has 18 heavy (non-hydrogen) atoms. The standard InChI is InChI=1S/C13H24N2O3/c1-13(2)10(8-5-4-6-18-11(8)13)15-12(16)9(14)7-17-3/h8-11H,4-7,14H2,1-3H3,(H,15,16). The zero-order valence-corrected chi connectivity index (χ0v) is 11.4. The van der Waals surface area contributed by atoms with Crippen LogP contribution in [0.3, 0.4) is 0 Å². The fourth-order valence-corrected chi connectivity index (χ4v) is 3.33. The molecule has 2 fully saturated rings.